The van der Waals surface area contributed by atoms with Crippen LogP contribution in [0, 0.1) is 5.92 Å². The number of rotatable bonds is 16. The average Bonchev–Trinajstić information content (AvgIpc) is 4.14. The van der Waals surface area contributed by atoms with Crippen molar-refractivity contribution in [2.45, 2.75) is 61.6 Å². The lowest BCUT2D eigenvalue weighted by Gasteiger charge is -2.30. The maximum Gasteiger partial charge on any atom is 0.259 e. The van der Waals surface area contributed by atoms with Gasteiger partial charge in [-0.15, -0.1) is 17.9 Å². The molecule has 8 rings (SSSR count). The number of sulfonamides is 1. The fourth-order valence-corrected chi connectivity index (χ4v) is 9.73. The number of amides is 3. The van der Waals surface area contributed by atoms with Crippen LogP contribution in [-0.4, -0.2) is 83.6 Å². The van der Waals surface area contributed by atoms with Gasteiger partial charge in [-0.1, -0.05) is 42.5 Å². The SMILES string of the molecule is C=C[C@@H]1C[C@]1(NC(=O)[C@@H]1C[C@@H](Oc2ncc(OC)c3ccc(Cl)cc23)CN1C(=O)[C@@H](Nc1nc(-c2ccc(Oc3ccccc3)cc2)cs1)C(=C)C)C(=O)NS(=O)(=O)C1CC1. The Bertz CT molecular complexity index is 2640. The minimum absolute atomic E-state index is 0.0124. The summed E-state index contributed by atoms with van der Waals surface area (Å²) in [7, 11) is -2.39. The first-order valence-electron chi connectivity index (χ1n) is 19.6. The van der Waals surface area contributed by atoms with Crippen LogP contribution in [0.15, 0.2) is 109 Å². The molecule has 316 valence electrons. The Kier molecular flexibility index (Phi) is 11.5. The molecule has 3 heterocycles. The molecule has 17 heteroatoms. The molecular formula is C44H43ClN6O8S2. The van der Waals surface area contributed by atoms with Crippen molar-refractivity contribution in [3.05, 3.63) is 114 Å². The van der Waals surface area contributed by atoms with Crippen LogP contribution in [0.3, 0.4) is 0 Å². The average molecular weight is 883 g/mol. The van der Waals surface area contributed by atoms with Crippen LogP contribution in [0.2, 0.25) is 5.02 Å². The Morgan fingerprint density at radius 2 is 1.79 bits per heavy atom. The summed E-state index contributed by atoms with van der Waals surface area (Å²) in [5.74, 6) is -0.408. The van der Waals surface area contributed by atoms with E-state index in [0.29, 0.717) is 56.5 Å². The number of ether oxygens (including phenoxy) is 3. The number of para-hydroxylation sites is 1. The minimum Gasteiger partial charge on any atom is -0.494 e. The number of thiazole rings is 1. The number of hydrogen-bond donors (Lipinski definition) is 3. The number of hydrogen-bond acceptors (Lipinski definition) is 12. The summed E-state index contributed by atoms with van der Waals surface area (Å²) in [6.45, 7) is 9.56. The van der Waals surface area contributed by atoms with Gasteiger partial charge in [-0.05, 0) is 86.4 Å². The van der Waals surface area contributed by atoms with Crippen molar-refractivity contribution < 1.29 is 37.0 Å². The lowest BCUT2D eigenvalue weighted by Crippen LogP contribution is -2.57. The molecule has 14 nitrogen and oxygen atoms in total. The van der Waals surface area contributed by atoms with E-state index in [4.69, 9.17) is 30.8 Å². The summed E-state index contributed by atoms with van der Waals surface area (Å²) >= 11 is 7.68. The van der Waals surface area contributed by atoms with Crippen LogP contribution >= 0.6 is 22.9 Å². The van der Waals surface area contributed by atoms with Gasteiger partial charge >= 0.3 is 0 Å². The Labute approximate surface area is 362 Å². The van der Waals surface area contributed by atoms with E-state index in [0.717, 1.165) is 11.3 Å². The van der Waals surface area contributed by atoms with Crippen LogP contribution in [0.4, 0.5) is 5.13 Å². The number of anilines is 1. The second-order valence-corrected chi connectivity index (χ2v) is 18.6. The van der Waals surface area contributed by atoms with Gasteiger partial charge in [0.2, 0.25) is 27.7 Å². The highest BCUT2D eigenvalue weighted by atomic mass is 35.5. The predicted octanol–water partition coefficient (Wildman–Crippen LogP) is 6.89. The molecule has 0 radical (unpaired) electrons. The van der Waals surface area contributed by atoms with Crippen molar-refractivity contribution >= 4 is 66.6 Å². The third kappa shape index (κ3) is 8.79. The van der Waals surface area contributed by atoms with Gasteiger partial charge in [0.15, 0.2) is 5.13 Å². The maximum absolute atomic E-state index is 14.7. The molecule has 3 aromatic carbocycles. The highest BCUT2D eigenvalue weighted by molar-refractivity contribution is 7.91. The summed E-state index contributed by atoms with van der Waals surface area (Å²) in [6.07, 6.45) is 3.34. The number of benzene rings is 3. The standard InChI is InChI=1S/C44H43ClN6O8S2/c1-5-27-21-44(27,42(54)50-61(55,56)32-16-17-32)49-39(52)36-20-31(59-40-34-19-28(45)13-18-33(34)37(57-4)22-46-40)23-51(36)41(53)38(25(2)3)48-43-47-35(24-60-43)26-11-14-30(15-12-26)58-29-9-7-6-8-10-29/h5-15,18-19,22,24,27,31-32,36,38H,1-2,16-17,20-21,23H2,3-4H3,(H,47,48)(H,49,52)(H,50,54)/t27-,31-,36+,38+,44-/m1/s1. The number of nitrogens with one attached hydrogen (secondary N) is 3. The van der Waals surface area contributed by atoms with Crippen molar-refractivity contribution in [1.82, 2.24) is 24.9 Å². The van der Waals surface area contributed by atoms with Crippen molar-refractivity contribution in [3.63, 3.8) is 0 Å². The predicted molar refractivity (Wildman–Crippen MR) is 233 cm³/mol. The lowest BCUT2D eigenvalue weighted by molar-refractivity contribution is -0.139. The molecule has 0 spiro atoms. The normalized spacial score (nSPS) is 21.2. The number of fused-ring (bicyclic) bond motifs is 1. The summed E-state index contributed by atoms with van der Waals surface area (Å²) < 4.78 is 45.6. The number of carbonyl (C=O) groups is 3. The molecule has 1 aliphatic heterocycles. The van der Waals surface area contributed by atoms with Crippen molar-refractivity contribution in [2.75, 3.05) is 19.0 Å². The molecule has 3 N–H and O–H groups in total. The molecule has 5 atom stereocenters. The third-order valence-corrected chi connectivity index (χ3v) is 13.8. The first kappa shape index (κ1) is 41.8. The largest absolute Gasteiger partial charge is 0.494 e. The number of halogens is 1. The van der Waals surface area contributed by atoms with E-state index in [1.165, 1.54) is 35.6 Å². The number of pyridine rings is 1. The van der Waals surface area contributed by atoms with E-state index in [9.17, 15) is 22.8 Å². The van der Waals surface area contributed by atoms with Gasteiger partial charge in [-0.3, -0.25) is 19.1 Å². The van der Waals surface area contributed by atoms with E-state index < -0.39 is 62.6 Å². The van der Waals surface area contributed by atoms with Gasteiger partial charge in [0.05, 0.1) is 30.8 Å². The number of nitrogens with zero attached hydrogens (tertiary/aromatic N) is 3. The van der Waals surface area contributed by atoms with E-state index in [2.05, 4.69) is 33.5 Å². The van der Waals surface area contributed by atoms with E-state index >= 15 is 0 Å². The lowest BCUT2D eigenvalue weighted by atomic mass is 10.1. The maximum atomic E-state index is 14.7. The summed E-state index contributed by atoms with van der Waals surface area (Å²) in [5.41, 5.74) is 0.404. The minimum atomic E-state index is -3.91. The molecule has 2 aliphatic carbocycles. The molecule has 61 heavy (non-hydrogen) atoms. The molecule has 2 saturated carbocycles. The molecule has 5 aromatic rings. The molecule has 0 unspecified atom stereocenters. The van der Waals surface area contributed by atoms with Gasteiger partial charge in [0.25, 0.3) is 5.91 Å². The number of carbonyl (C=O) groups excluding carboxylic acids is 3. The van der Waals surface area contributed by atoms with E-state index in [1.54, 1.807) is 25.1 Å². The number of aromatic nitrogens is 2. The summed E-state index contributed by atoms with van der Waals surface area (Å²) in [4.78, 5) is 53.4. The molecule has 1 saturated heterocycles. The zero-order valence-electron chi connectivity index (χ0n) is 33.3. The van der Waals surface area contributed by atoms with Gasteiger partial charge in [-0.2, -0.15) is 0 Å². The van der Waals surface area contributed by atoms with Crippen molar-refractivity contribution in [3.8, 4) is 34.4 Å². The molecule has 0 bridgehead atoms. The molecule has 3 fully saturated rings. The zero-order chi connectivity index (χ0) is 43.1. The summed E-state index contributed by atoms with van der Waals surface area (Å²) in [5, 5.41) is 9.41. The molecular weight excluding hydrogens is 840 g/mol. The Hall–Kier alpha value is -5.97. The summed E-state index contributed by atoms with van der Waals surface area (Å²) in [6, 6.07) is 20.0. The van der Waals surface area contributed by atoms with Crippen LogP contribution in [0.25, 0.3) is 22.0 Å². The van der Waals surface area contributed by atoms with Gasteiger partial charge in [0.1, 0.15) is 41.0 Å². The Balaban J connectivity index is 1.04. The first-order chi connectivity index (χ1) is 29.3. The third-order valence-electron chi connectivity index (χ3n) is 11.0. The molecule has 3 amide bonds. The van der Waals surface area contributed by atoms with Crippen LogP contribution in [0.5, 0.6) is 23.1 Å². The van der Waals surface area contributed by atoms with Gasteiger partial charge in [0, 0.05) is 39.1 Å². The fourth-order valence-electron chi connectivity index (χ4n) is 7.45. The highest BCUT2D eigenvalue weighted by Gasteiger charge is 2.62. The van der Waals surface area contributed by atoms with Crippen molar-refractivity contribution in [2.24, 2.45) is 5.92 Å². The van der Waals surface area contributed by atoms with E-state index in [-0.39, 0.29) is 25.3 Å². The van der Waals surface area contributed by atoms with Crippen LogP contribution < -0.4 is 29.6 Å². The second kappa shape index (κ2) is 16.8. The smallest absolute Gasteiger partial charge is 0.259 e. The topological polar surface area (TPSA) is 178 Å². The van der Waals surface area contributed by atoms with Crippen molar-refractivity contribution in [1.29, 1.82) is 0 Å². The molecule has 2 aromatic heterocycles. The second-order valence-electron chi connectivity index (χ2n) is 15.4. The van der Waals surface area contributed by atoms with Gasteiger partial charge < -0.3 is 29.7 Å². The Morgan fingerprint density at radius 3 is 2.46 bits per heavy atom. The van der Waals surface area contributed by atoms with Crippen LogP contribution in [-0.2, 0) is 24.4 Å². The zero-order valence-corrected chi connectivity index (χ0v) is 35.7. The van der Waals surface area contributed by atoms with Crippen LogP contribution in [0.1, 0.15) is 32.6 Å². The van der Waals surface area contributed by atoms with E-state index in [1.807, 2.05) is 60.0 Å². The quantitative estimate of drug-likeness (QED) is 0.0880. The monoisotopic (exact) mass is 882 g/mol. The fraction of sp³-hybridized carbons (Fsp3) is 0.295. The number of likely N-dealkylation sites (tertiary alicyclic amines) is 1. The van der Waals surface area contributed by atoms with Gasteiger partial charge in [-0.25, -0.2) is 18.4 Å². The number of methoxy groups -OCH3 is 1. The Morgan fingerprint density at radius 1 is 1.05 bits per heavy atom. The molecule has 3 aliphatic rings. The first-order valence-corrected chi connectivity index (χ1v) is 22.4. The highest BCUT2D eigenvalue weighted by Crippen LogP contribution is 2.46.